The molecule has 1 aromatic carbocycles. The van der Waals surface area contributed by atoms with Gasteiger partial charge in [0.15, 0.2) is 11.5 Å². The highest BCUT2D eigenvalue weighted by Crippen LogP contribution is 2.38. The third-order valence-corrected chi connectivity index (χ3v) is 2.96. The highest BCUT2D eigenvalue weighted by Gasteiger charge is 2.13. The average Bonchev–Trinajstić information content (AvgIpc) is 2.12. The van der Waals surface area contributed by atoms with Gasteiger partial charge in [-0.25, -0.2) is 0 Å². The lowest BCUT2D eigenvalue weighted by Crippen LogP contribution is -2.05. The molecule has 0 saturated carbocycles. The Morgan fingerprint density at radius 2 is 2.21 bits per heavy atom. The first kappa shape index (κ1) is 11.3. The molecule has 14 heavy (non-hydrogen) atoms. The first-order chi connectivity index (χ1) is 6.61. The number of hydrogen-bond donors (Lipinski definition) is 2. The zero-order chi connectivity index (χ0) is 10.7. The molecule has 0 heterocycles. The molecular weight excluding hydrogens is 246 g/mol. The van der Waals surface area contributed by atoms with Crippen LogP contribution in [-0.4, -0.2) is 18.8 Å². The molecule has 0 aromatic heterocycles. The summed E-state index contributed by atoms with van der Waals surface area (Å²) >= 11 is 3.40. The first-order valence-corrected chi connectivity index (χ1v) is 5.16. The molecule has 1 aromatic rings. The number of nitrogens with two attached hydrogens (primary N) is 1. The summed E-state index contributed by atoms with van der Waals surface area (Å²) in [5.74, 6) is 0.622. The van der Waals surface area contributed by atoms with Crippen molar-refractivity contribution in [2.45, 2.75) is 13.3 Å². The average molecular weight is 260 g/mol. The number of aromatic hydroxyl groups is 1. The standard InChI is InChI=1S/C10H14BrNO2/c1-6-5-8(13)10(14-2)9(11)7(6)3-4-12/h5,13H,3-4,12H2,1-2H3. The zero-order valence-corrected chi connectivity index (χ0v) is 9.89. The van der Waals surface area contributed by atoms with E-state index in [1.54, 1.807) is 6.07 Å². The van der Waals surface area contributed by atoms with Crippen LogP contribution >= 0.6 is 15.9 Å². The normalized spacial score (nSPS) is 10.3. The zero-order valence-electron chi connectivity index (χ0n) is 8.30. The van der Waals surface area contributed by atoms with Crippen LogP contribution in [0, 0.1) is 6.92 Å². The second kappa shape index (κ2) is 4.66. The Labute approximate surface area is 92.0 Å². The van der Waals surface area contributed by atoms with Crippen molar-refractivity contribution in [3.63, 3.8) is 0 Å². The minimum Gasteiger partial charge on any atom is -0.504 e. The second-order valence-electron chi connectivity index (χ2n) is 3.08. The Kier molecular flexibility index (Phi) is 3.77. The lowest BCUT2D eigenvalue weighted by atomic mass is 10.0. The van der Waals surface area contributed by atoms with Gasteiger partial charge in [0.05, 0.1) is 11.6 Å². The lowest BCUT2D eigenvalue weighted by Gasteiger charge is -2.13. The van der Waals surface area contributed by atoms with Crippen LogP contribution in [0.4, 0.5) is 0 Å². The van der Waals surface area contributed by atoms with Crippen LogP contribution in [0.25, 0.3) is 0 Å². The van der Waals surface area contributed by atoms with Crippen molar-refractivity contribution < 1.29 is 9.84 Å². The number of halogens is 1. The molecule has 0 amide bonds. The monoisotopic (exact) mass is 259 g/mol. The molecule has 0 aliphatic heterocycles. The fourth-order valence-electron chi connectivity index (χ4n) is 1.43. The van der Waals surface area contributed by atoms with Crippen molar-refractivity contribution in [1.82, 2.24) is 0 Å². The highest BCUT2D eigenvalue weighted by molar-refractivity contribution is 9.10. The molecule has 3 nitrogen and oxygen atoms in total. The highest BCUT2D eigenvalue weighted by atomic mass is 79.9. The summed E-state index contributed by atoms with van der Waals surface area (Å²) in [7, 11) is 1.53. The minimum absolute atomic E-state index is 0.151. The molecule has 0 fully saturated rings. The Balaban J connectivity index is 3.28. The van der Waals surface area contributed by atoms with Crippen LogP contribution in [0.5, 0.6) is 11.5 Å². The van der Waals surface area contributed by atoms with Crippen molar-refractivity contribution in [3.05, 3.63) is 21.7 Å². The molecule has 0 atom stereocenters. The SMILES string of the molecule is COc1c(O)cc(C)c(CCN)c1Br. The molecule has 1 rings (SSSR count). The third kappa shape index (κ3) is 2.01. The van der Waals surface area contributed by atoms with E-state index in [2.05, 4.69) is 15.9 Å². The van der Waals surface area contributed by atoms with Crippen LogP contribution in [0.1, 0.15) is 11.1 Å². The first-order valence-electron chi connectivity index (χ1n) is 4.36. The summed E-state index contributed by atoms with van der Waals surface area (Å²) in [4.78, 5) is 0. The van der Waals surface area contributed by atoms with Gasteiger partial charge in [-0.1, -0.05) is 0 Å². The summed E-state index contributed by atoms with van der Waals surface area (Å²) in [5.41, 5.74) is 7.60. The maximum atomic E-state index is 9.58. The van der Waals surface area contributed by atoms with Crippen LogP contribution < -0.4 is 10.5 Å². The van der Waals surface area contributed by atoms with Gasteiger partial charge in [-0.3, -0.25) is 0 Å². The Morgan fingerprint density at radius 3 is 2.71 bits per heavy atom. The number of phenolic OH excluding ortho intramolecular Hbond substituents is 1. The maximum absolute atomic E-state index is 9.58. The number of phenols is 1. The van der Waals surface area contributed by atoms with Crippen molar-refractivity contribution in [1.29, 1.82) is 0 Å². The van der Waals surface area contributed by atoms with E-state index in [1.165, 1.54) is 7.11 Å². The summed E-state index contributed by atoms with van der Waals surface area (Å²) < 4.78 is 5.87. The largest absolute Gasteiger partial charge is 0.504 e. The molecule has 0 spiro atoms. The molecule has 0 radical (unpaired) electrons. The molecule has 4 heteroatoms. The minimum atomic E-state index is 0.151. The Bertz CT molecular complexity index is 339. The van der Waals surface area contributed by atoms with Gasteiger partial charge in [-0.15, -0.1) is 0 Å². The lowest BCUT2D eigenvalue weighted by molar-refractivity contribution is 0.370. The van der Waals surface area contributed by atoms with E-state index in [-0.39, 0.29) is 5.75 Å². The fraction of sp³-hybridized carbons (Fsp3) is 0.400. The van der Waals surface area contributed by atoms with E-state index in [4.69, 9.17) is 10.5 Å². The molecule has 0 bridgehead atoms. The van der Waals surface area contributed by atoms with Gasteiger partial charge in [0.2, 0.25) is 0 Å². The molecule has 78 valence electrons. The number of benzene rings is 1. The van der Waals surface area contributed by atoms with Crippen molar-refractivity contribution >= 4 is 15.9 Å². The van der Waals surface area contributed by atoms with E-state index >= 15 is 0 Å². The molecule has 0 aliphatic carbocycles. The van der Waals surface area contributed by atoms with Crippen LogP contribution in [0.3, 0.4) is 0 Å². The molecule has 0 unspecified atom stereocenters. The van der Waals surface area contributed by atoms with Crippen molar-refractivity contribution in [3.8, 4) is 11.5 Å². The smallest absolute Gasteiger partial charge is 0.174 e. The van der Waals surface area contributed by atoms with E-state index < -0.39 is 0 Å². The van der Waals surface area contributed by atoms with E-state index in [0.717, 1.165) is 22.0 Å². The van der Waals surface area contributed by atoms with Gasteiger partial charge in [0.1, 0.15) is 0 Å². The molecule has 0 aliphatic rings. The quantitative estimate of drug-likeness (QED) is 0.873. The number of ether oxygens (including phenoxy) is 1. The third-order valence-electron chi connectivity index (χ3n) is 2.12. The van der Waals surface area contributed by atoms with Gasteiger partial charge in [0.25, 0.3) is 0 Å². The summed E-state index contributed by atoms with van der Waals surface area (Å²) in [6.45, 7) is 2.52. The van der Waals surface area contributed by atoms with E-state index in [9.17, 15) is 5.11 Å². The summed E-state index contributed by atoms with van der Waals surface area (Å²) in [6, 6.07) is 1.69. The van der Waals surface area contributed by atoms with Gasteiger partial charge >= 0.3 is 0 Å². The topological polar surface area (TPSA) is 55.5 Å². The summed E-state index contributed by atoms with van der Waals surface area (Å²) in [5, 5.41) is 9.58. The van der Waals surface area contributed by atoms with Gasteiger partial charge in [0, 0.05) is 0 Å². The fourth-order valence-corrected chi connectivity index (χ4v) is 2.30. The van der Waals surface area contributed by atoms with Crippen molar-refractivity contribution in [2.75, 3.05) is 13.7 Å². The van der Waals surface area contributed by atoms with E-state index in [0.29, 0.717) is 12.3 Å². The molecular formula is C10H14BrNO2. The predicted molar refractivity (Wildman–Crippen MR) is 59.9 cm³/mol. The Morgan fingerprint density at radius 1 is 1.57 bits per heavy atom. The Hall–Kier alpha value is -0.740. The van der Waals surface area contributed by atoms with Crippen LogP contribution in [0.2, 0.25) is 0 Å². The van der Waals surface area contributed by atoms with Crippen molar-refractivity contribution in [2.24, 2.45) is 5.73 Å². The van der Waals surface area contributed by atoms with Gasteiger partial charge in [-0.05, 0) is 53.0 Å². The second-order valence-corrected chi connectivity index (χ2v) is 3.87. The van der Waals surface area contributed by atoms with Crippen LogP contribution in [-0.2, 0) is 6.42 Å². The summed E-state index contributed by atoms with van der Waals surface area (Å²) in [6.07, 6.45) is 0.767. The molecule has 3 N–H and O–H groups in total. The molecule has 0 saturated heterocycles. The van der Waals surface area contributed by atoms with Gasteiger partial charge < -0.3 is 15.6 Å². The van der Waals surface area contributed by atoms with Gasteiger partial charge in [-0.2, -0.15) is 0 Å². The number of rotatable bonds is 3. The number of hydrogen-bond acceptors (Lipinski definition) is 3. The van der Waals surface area contributed by atoms with Crippen LogP contribution in [0.15, 0.2) is 10.5 Å². The maximum Gasteiger partial charge on any atom is 0.174 e. The number of methoxy groups -OCH3 is 1. The van der Waals surface area contributed by atoms with E-state index in [1.807, 2.05) is 6.92 Å². The predicted octanol–water partition coefficient (Wildman–Crippen LogP) is 1.97. The number of aryl methyl sites for hydroxylation is 1.